The summed E-state index contributed by atoms with van der Waals surface area (Å²) in [5.74, 6) is 1.70. The second kappa shape index (κ2) is 9.87. The lowest BCUT2D eigenvalue weighted by molar-refractivity contribution is 0.0925. The first-order chi connectivity index (χ1) is 10.5. The van der Waals surface area contributed by atoms with Crippen molar-refractivity contribution in [1.29, 1.82) is 0 Å². The molecule has 6 heteroatoms. The van der Waals surface area contributed by atoms with E-state index < -0.39 is 0 Å². The zero-order chi connectivity index (χ0) is 16.4. The van der Waals surface area contributed by atoms with Gasteiger partial charge in [-0.3, -0.25) is 9.79 Å². The predicted octanol–water partition coefficient (Wildman–Crippen LogP) is 1.92. The van der Waals surface area contributed by atoms with Crippen LogP contribution in [0.1, 0.15) is 42.8 Å². The maximum atomic E-state index is 11.8. The van der Waals surface area contributed by atoms with E-state index in [0.29, 0.717) is 18.2 Å². The van der Waals surface area contributed by atoms with Crippen LogP contribution < -0.4 is 16.0 Å². The Kier molecular flexibility index (Phi) is 8.10. The van der Waals surface area contributed by atoms with Crippen LogP contribution in [0.3, 0.4) is 0 Å². The first-order valence-corrected chi connectivity index (χ1v) is 7.81. The number of guanidine groups is 1. The van der Waals surface area contributed by atoms with Crippen molar-refractivity contribution < 1.29 is 9.21 Å². The van der Waals surface area contributed by atoms with E-state index in [0.717, 1.165) is 37.5 Å². The Morgan fingerprint density at radius 1 is 1.23 bits per heavy atom. The molecule has 0 saturated carbocycles. The van der Waals surface area contributed by atoms with Crippen LogP contribution in [0.5, 0.6) is 0 Å². The lowest BCUT2D eigenvalue weighted by atomic mass is 10.1. The Hall–Kier alpha value is -1.98. The Balaban J connectivity index is 2.14. The highest BCUT2D eigenvalue weighted by Gasteiger charge is 2.11. The van der Waals surface area contributed by atoms with Crippen molar-refractivity contribution in [2.45, 2.75) is 33.6 Å². The van der Waals surface area contributed by atoms with Crippen molar-refractivity contribution in [1.82, 2.24) is 16.0 Å². The molecule has 1 heterocycles. The Morgan fingerprint density at radius 2 is 1.91 bits per heavy atom. The molecule has 0 aliphatic carbocycles. The average Bonchev–Trinajstić information content (AvgIpc) is 2.90. The number of hydrogen-bond acceptors (Lipinski definition) is 3. The maximum Gasteiger partial charge on any atom is 0.287 e. The number of nitrogens with zero attached hydrogens (tertiary/aromatic N) is 1. The number of carbonyl (C=O) groups is 1. The monoisotopic (exact) mass is 308 g/mol. The third-order valence-corrected chi connectivity index (χ3v) is 3.24. The van der Waals surface area contributed by atoms with Crippen molar-refractivity contribution >= 4 is 11.9 Å². The number of aliphatic imine (C=N–C) groups is 1. The zero-order valence-corrected chi connectivity index (χ0v) is 14.0. The topological polar surface area (TPSA) is 78.7 Å². The van der Waals surface area contributed by atoms with Gasteiger partial charge in [0.1, 0.15) is 0 Å². The van der Waals surface area contributed by atoms with Crippen LogP contribution >= 0.6 is 0 Å². The first-order valence-electron chi connectivity index (χ1n) is 7.81. The summed E-state index contributed by atoms with van der Waals surface area (Å²) < 4.78 is 5.15. The van der Waals surface area contributed by atoms with E-state index in [1.165, 1.54) is 6.26 Å². The summed E-state index contributed by atoms with van der Waals surface area (Å²) in [4.78, 5) is 16.0. The maximum absolute atomic E-state index is 11.8. The minimum absolute atomic E-state index is 0.165. The van der Waals surface area contributed by atoms with Gasteiger partial charge in [-0.05, 0) is 31.7 Å². The van der Waals surface area contributed by atoms with Crippen LogP contribution in [-0.4, -0.2) is 38.5 Å². The largest absolute Gasteiger partial charge is 0.459 e. The number of hydrogen-bond donors (Lipinski definition) is 3. The molecule has 0 unspecified atom stereocenters. The molecule has 0 saturated heterocycles. The number of nitrogens with one attached hydrogen (secondary N) is 3. The molecule has 0 aliphatic heterocycles. The summed E-state index contributed by atoms with van der Waals surface area (Å²) in [6, 6.07) is 1.78. The zero-order valence-electron chi connectivity index (χ0n) is 14.0. The molecule has 0 radical (unpaired) electrons. The molecule has 3 N–H and O–H groups in total. The molecule has 1 aromatic heterocycles. The third-order valence-electron chi connectivity index (χ3n) is 3.24. The number of aryl methyl sites for hydroxylation is 1. The Bertz CT molecular complexity index is 480. The Morgan fingerprint density at radius 3 is 2.50 bits per heavy atom. The predicted molar refractivity (Wildman–Crippen MR) is 89.2 cm³/mol. The van der Waals surface area contributed by atoms with E-state index in [4.69, 9.17) is 4.42 Å². The van der Waals surface area contributed by atoms with E-state index in [1.807, 2.05) is 6.92 Å². The standard InChI is InChI=1S/C16H28N4O2/c1-12(2)6-10-20-16(17-4)19-9-5-8-18-15(21)14-13(3)7-11-22-14/h7,11-12H,5-6,8-10H2,1-4H3,(H,18,21)(H2,17,19,20). The average molecular weight is 308 g/mol. The van der Waals surface area contributed by atoms with Gasteiger partial charge in [0, 0.05) is 32.2 Å². The fourth-order valence-corrected chi connectivity index (χ4v) is 1.88. The number of carbonyl (C=O) groups excluding carboxylic acids is 1. The molecule has 1 amide bonds. The second-order valence-corrected chi connectivity index (χ2v) is 5.65. The highest BCUT2D eigenvalue weighted by molar-refractivity contribution is 5.92. The minimum atomic E-state index is -0.165. The van der Waals surface area contributed by atoms with Gasteiger partial charge in [-0.2, -0.15) is 0 Å². The molecular weight excluding hydrogens is 280 g/mol. The van der Waals surface area contributed by atoms with Gasteiger partial charge in [-0.1, -0.05) is 13.8 Å². The molecule has 6 nitrogen and oxygen atoms in total. The number of furan rings is 1. The van der Waals surface area contributed by atoms with Crippen LogP contribution in [0, 0.1) is 12.8 Å². The van der Waals surface area contributed by atoms with Crippen molar-refractivity contribution in [3.8, 4) is 0 Å². The molecule has 124 valence electrons. The molecule has 0 aliphatic rings. The summed E-state index contributed by atoms with van der Waals surface area (Å²) in [7, 11) is 1.76. The SMILES string of the molecule is CN=C(NCCCNC(=O)c1occc1C)NCCC(C)C. The van der Waals surface area contributed by atoms with Crippen LogP contribution in [0.25, 0.3) is 0 Å². The molecule has 0 aromatic carbocycles. The smallest absolute Gasteiger partial charge is 0.287 e. The van der Waals surface area contributed by atoms with Crippen LogP contribution in [0.4, 0.5) is 0 Å². The lowest BCUT2D eigenvalue weighted by Crippen LogP contribution is -2.39. The second-order valence-electron chi connectivity index (χ2n) is 5.65. The van der Waals surface area contributed by atoms with Crippen LogP contribution in [-0.2, 0) is 0 Å². The van der Waals surface area contributed by atoms with E-state index in [1.54, 1.807) is 13.1 Å². The quantitative estimate of drug-likeness (QED) is 0.389. The van der Waals surface area contributed by atoms with Crippen molar-refractivity contribution in [3.63, 3.8) is 0 Å². The summed E-state index contributed by atoms with van der Waals surface area (Å²) in [5.41, 5.74) is 0.852. The first kappa shape index (κ1) is 18.1. The summed E-state index contributed by atoms with van der Waals surface area (Å²) in [6.07, 6.45) is 3.45. The van der Waals surface area contributed by atoms with Gasteiger partial charge < -0.3 is 20.4 Å². The van der Waals surface area contributed by atoms with Gasteiger partial charge in [0.15, 0.2) is 11.7 Å². The summed E-state index contributed by atoms with van der Waals surface area (Å²) in [6.45, 7) is 8.49. The normalized spacial score (nSPS) is 11.6. The van der Waals surface area contributed by atoms with Gasteiger partial charge in [0.25, 0.3) is 5.91 Å². The number of amides is 1. The summed E-state index contributed by atoms with van der Waals surface area (Å²) >= 11 is 0. The van der Waals surface area contributed by atoms with Crippen LogP contribution in [0.15, 0.2) is 21.7 Å². The highest BCUT2D eigenvalue weighted by Crippen LogP contribution is 2.07. The van der Waals surface area contributed by atoms with Gasteiger partial charge in [-0.25, -0.2) is 0 Å². The third kappa shape index (κ3) is 6.65. The van der Waals surface area contributed by atoms with Crippen molar-refractivity contribution in [2.75, 3.05) is 26.7 Å². The lowest BCUT2D eigenvalue weighted by Gasteiger charge is -2.12. The van der Waals surface area contributed by atoms with Gasteiger partial charge in [0.2, 0.25) is 0 Å². The van der Waals surface area contributed by atoms with E-state index in [2.05, 4.69) is 34.8 Å². The molecule has 0 atom stereocenters. The van der Waals surface area contributed by atoms with E-state index in [9.17, 15) is 4.79 Å². The fraction of sp³-hybridized carbons (Fsp3) is 0.625. The molecule has 0 bridgehead atoms. The van der Waals surface area contributed by atoms with Crippen LogP contribution in [0.2, 0.25) is 0 Å². The molecule has 1 rings (SSSR count). The fourth-order valence-electron chi connectivity index (χ4n) is 1.88. The molecule has 22 heavy (non-hydrogen) atoms. The molecule has 0 fully saturated rings. The van der Waals surface area contributed by atoms with Crippen molar-refractivity contribution in [2.24, 2.45) is 10.9 Å². The van der Waals surface area contributed by atoms with E-state index >= 15 is 0 Å². The van der Waals surface area contributed by atoms with Gasteiger partial charge in [0.05, 0.1) is 6.26 Å². The minimum Gasteiger partial charge on any atom is -0.459 e. The van der Waals surface area contributed by atoms with Gasteiger partial charge in [-0.15, -0.1) is 0 Å². The van der Waals surface area contributed by atoms with Crippen molar-refractivity contribution in [3.05, 3.63) is 23.7 Å². The molecular formula is C16H28N4O2. The van der Waals surface area contributed by atoms with Gasteiger partial charge >= 0.3 is 0 Å². The Labute approximate surface area is 132 Å². The molecule has 1 aromatic rings. The molecule has 0 spiro atoms. The number of rotatable bonds is 8. The summed E-state index contributed by atoms with van der Waals surface area (Å²) in [5, 5.41) is 9.34. The van der Waals surface area contributed by atoms with E-state index in [-0.39, 0.29) is 5.91 Å². The highest BCUT2D eigenvalue weighted by atomic mass is 16.3.